The monoisotopic (exact) mass is 392 g/mol. The molecule has 10 atom stereocenters. The molecule has 4 aliphatic carbocycles. The molecule has 0 aromatic rings. The smallest absolute Gasteiger partial charge is 0.303 e. The zero-order chi connectivity index (χ0) is 20.3. The van der Waals surface area contributed by atoms with Crippen LogP contribution in [0.4, 0.5) is 0 Å². The Morgan fingerprint density at radius 1 is 1.04 bits per heavy atom. The van der Waals surface area contributed by atoms with Gasteiger partial charge in [0.2, 0.25) is 0 Å². The summed E-state index contributed by atoms with van der Waals surface area (Å²) >= 11 is 0. The standard InChI is InChI=1S/C24H40O4/c1-14(4-9-22(27)28)18-7-8-19-17-6-5-15-12-16(25)10-11-23(15,2)20(17)13-21(26)24(18,19)3/h14-21,25-26H,4-13H2,1-3H3,(H,27,28)/t14?,15-,16+,17+,18-,19+,20?,21+,23+,24-/m1/s1. The Labute approximate surface area is 170 Å². The highest BCUT2D eigenvalue weighted by Crippen LogP contribution is 2.68. The first-order valence-corrected chi connectivity index (χ1v) is 11.8. The number of hydrogen-bond donors (Lipinski definition) is 3. The first-order valence-electron chi connectivity index (χ1n) is 11.8. The van der Waals surface area contributed by atoms with Crippen molar-refractivity contribution in [3.05, 3.63) is 0 Å². The summed E-state index contributed by atoms with van der Waals surface area (Å²) in [5.74, 6) is 2.55. The van der Waals surface area contributed by atoms with Crippen LogP contribution in [-0.4, -0.2) is 33.5 Å². The topological polar surface area (TPSA) is 77.8 Å². The highest BCUT2D eigenvalue weighted by atomic mass is 16.4. The fraction of sp³-hybridized carbons (Fsp3) is 0.958. The molecule has 0 bridgehead atoms. The summed E-state index contributed by atoms with van der Waals surface area (Å²) in [6.07, 6.45) is 9.26. The van der Waals surface area contributed by atoms with Crippen molar-refractivity contribution in [2.75, 3.05) is 0 Å². The maximum absolute atomic E-state index is 11.5. The molecule has 0 heterocycles. The molecule has 4 aliphatic rings. The van der Waals surface area contributed by atoms with E-state index in [-0.39, 0.29) is 29.5 Å². The highest BCUT2D eigenvalue weighted by molar-refractivity contribution is 5.66. The molecule has 4 heteroatoms. The highest BCUT2D eigenvalue weighted by Gasteiger charge is 2.63. The zero-order valence-electron chi connectivity index (χ0n) is 17.9. The van der Waals surface area contributed by atoms with Crippen LogP contribution in [0.25, 0.3) is 0 Å². The molecule has 0 saturated heterocycles. The van der Waals surface area contributed by atoms with E-state index in [4.69, 9.17) is 5.11 Å². The molecule has 0 amide bonds. The van der Waals surface area contributed by atoms with Crippen LogP contribution in [0, 0.1) is 46.3 Å². The third-order valence-corrected chi connectivity index (χ3v) is 10.3. The summed E-state index contributed by atoms with van der Waals surface area (Å²) in [4.78, 5) is 11.1. The molecule has 0 aromatic heterocycles. The van der Waals surface area contributed by atoms with E-state index >= 15 is 0 Å². The van der Waals surface area contributed by atoms with Gasteiger partial charge < -0.3 is 15.3 Å². The van der Waals surface area contributed by atoms with Gasteiger partial charge in [0.15, 0.2) is 0 Å². The number of hydrogen-bond acceptors (Lipinski definition) is 3. The molecule has 0 aliphatic heterocycles. The molecule has 0 aromatic carbocycles. The molecule has 2 unspecified atom stereocenters. The Kier molecular flexibility index (Phi) is 5.36. The maximum atomic E-state index is 11.5. The van der Waals surface area contributed by atoms with E-state index in [9.17, 15) is 15.0 Å². The van der Waals surface area contributed by atoms with Gasteiger partial charge in [0, 0.05) is 6.42 Å². The minimum atomic E-state index is -0.707. The summed E-state index contributed by atoms with van der Waals surface area (Å²) < 4.78 is 0. The van der Waals surface area contributed by atoms with Crippen LogP contribution >= 0.6 is 0 Å². The van der Waals surface area contributed by atoms with Gasteiger partial charge in [0.05, 0.1) is 12.2 Å². The van der Waals surface area contributed by atoms with Crippen LogP contribution in [0.3, 0.4) is 0 Å². The van der Waals surface area contributed by atoms with E-state index in [0.717, 1.165) is 38.5 Å². The normalized spacial score (nSPS) is 51.7. The minimum absolute atomic E-state index is 0.0591. The largest absolute Gasteiger partial charge is 0.481 e. The van der Waals surface area contributed by atoms with Gasteiger partial charge in [-0.1, -0.05) is 20.8 Å². The zero-order valence-corrected chi connectivity index (χ0v) is 17.9. The van der Waals surface area contributed by atoms with E-state index in [1.165, 1.54) is 19.3 Å². The summed E-state index contributed by atoms with van der Waals surface area (Å²) in [6.45, 7) is 6.99. The molecule has 4 fully saturated rings. The van der Waals surface area contributed by atoms with Gasteiger partial charge in [-0.3, -0.25) is 4.79 Å². The van der Waals surface area contributed by atoms with Crippen LogP contribution in [0.15, 0.2) is 0 Å². The predicted octanol–water partition coefficient (Wildman–Crippen LogP) is 4.48. The van der Waals surface area contributed by atoms with Crippen LogP contribution in [0.2, 0.25) is 0 Å². The lowest BCUT2D eigenvalue weighted by Crippen LogP contribution is -2.58. The number of carbonyl (C=O) groups is 1. The molecule has 28 heavy (non-hydrogen) atoms. The van der Waals surface area contributed by atoms with Gasteiger partial charge in [0.25, 0.3) is 0 Å². The van der Waals surface area contributed by atoms with Gasteiger partial charge in [-0.05, 0) is 104 Å². The number of rotatable bonds is 4. The second-order valence-electron chi connectivity index (χ2n) is 11.3. The predicted molar refractivity (Wildman–Crippen MR) is 109 cm³/mol. The van der Waals surface area contributed by atoms with Crippen molar-refractivity contribution in [2.45, 2.75) is 97.2 Å². The molecular weight excluding hydrogens is 352 g/mol. The molecule has 160 valence electrons. The van der Waals surface area contributed by atoms with Crippen LogP contribution in [0.1, 0.15) is 85.0 Å². The van der Waals surface area contributed by atoms with E-state index < -0.39 is 5.97 Å². The van der Waals surface area contributed by atoms with Crippen molar-refractivity contribution in [1.82, 2.24) is 0 Å². The van der Waals surface area contributed by atoms with Crippen molar-refractivity contribution in [3.8, 4) is 0 Å². The Morgan fingerprint density at radius 2 is 1.79 bits per heavy atom. The Hall–Kier alpha value is -0.610. The molecular formula is C24H40O4. The van der Waals surface area contributed by atoms with Crippen LogP contribution in [-0.2, 0) is 4.79 Å². The Morgan fingerprint density at radius 3 is 2.50 bits per heavy atom. The number of aliphatic carboxylic acids is 1. The number of carboxylic acids is 1. The molecule has 3 N–H and O–H groups in total. The fourth-order valence-electron chi connectivity index (χ4n) is 8.71. The summed E-state index contributed by atoms with van der Waals surface area (Å²) in [5, 5.41) is 30.8. The summed E-state index contributed by atoms with van der Waals surface area (Å²) in [5.41, 5.74) is 0.216. The second kappa shape index (κ2) is 7.27. The fourth-order valence-corrected chi connectivity index (χ4v) is 8.71. The van der Waals surface area contributed by atoms with Gasteiger partial charge in [-0.15, -0.1) is 0 Å². The first-order chi connectivity index (χ1) is 13.2. The number of fused-ring (bicyclic) bond motifs is 5. The molecule has 4 nitrogen and oxygen atoms in total. The molecule has 0 radical (unpaired) electrons. The van der Waals surface area contributed by atoms with Crippen LogP contribution < -0.4 is 0 Å². The lowest BCUT2D eigenvalue weighted by atomic mass is 9.43. The van der Waals surface area contributed by atoms with Gasteiger partial charge >= 0.3 is 5.97 Å². The van der Waals surface area contributed by atoms with Crippen molar-refractivity contribution >= 4 is 5.97 Å². The number of aliphatic hydroxyl groups is 2. The van der Waals surface area contributed by atoms with E-state index in [1.807, 2.05) is 0 Å². The van der Waals surface area contributed by atoms with E-state index in [1.54, 1.807) is 0 Å². The molecule has 0 spiro atoms. The molecule has 4 saturated carbocycles. The number of carboxylic acid groups (broad SMARTS) is 1. The van der Waals surface area contributed by atoms with Gasteiger partial charge in [-0.25, -0.2) is 0 Å². The second-order valence-corrected chi connectivity index (χ2v) is 11.3. The third kappa shape index (κ3) is 3.05. The van der Waals surface area contributed by atoms with Crippen molar-refractivity contribution in [3.63, 3.8) is 0 Å². The average Bonchev–Trinajstić information content (AvgIpc) is 3.00. The van der Waals surface area contributed by atoms with Crippen LogP contribution in [0.5, 0.6) is 0 Å². The Balaban J connectivity index is 1.56. The van der Waals surface area contributed by atoms with Crippen molar-refractivity contribution in [2.24, 2.45) is 46.3 Å². The SMILES string of the molecule is CC(CCC(=O)O)[C@H]1CC[C@H]2[C@@H]3CC[C@@H]4C[C@@H](O)CC[C@]4(C)C3C[C@H](O)[C@]12C. The van der Waals surface area contributed by atoms with E-state index in [0.29, 0.717) is 35.5 Å². The van der Waals surface area contributed by atoms with Crippen molar-refractivity contribution in [1.29, 1.82) is 0 Å². The first kappa shape index (κ1) is 20.7. The summed E-state index contributed by atoms with van der Waals surface area (Å²) in [6, 6.07) is 0. The minimum Gasteiger partial charge on any atom is -0.481 e. The average molecular weight is 393 g/mol. The lowest BCUT2D eigenvalue weighted by Gasteiger charge is -2.62. The van der Waals surface area contributed by atoms with Crippen molar-refractivity contribution < 1.29 is 20.1 Å². The van der Waals surface area contributed by atoms with Gasteiger partial charge in [0.1, 0.15) is 0 Å². The Bertz CT molecular complexity index is 605. The summed E-state index contributed by atoms with van der Waals surface area (Å²) in [7, 11) is 0. The maximum Gasteiger partial charge on any atom is 0.303 e. The molecule has 4 rings (SSSR count). The quantitative estimate of drug-likeness (QED) is 0.659. The van der Waals surface area contributed by atoms with Gasteiger partial charge in [-0.2, -0.15) is 0 Å². The lowest BCUT2D eigenvalue weighted by molar-refractivity contribution is -0.175. The number of aliphatic hydroxyl groups excluding tert-OH is 2. The third-order valence-electron chi connectivity index (χ3n) is 10.3. The van der Waals surface area contributed by atoms with E-state index in [2.05, 4.69) is 20.8 Å².